The van der Waals surface area contributed by atoms with E-state index < -0.39 is 0 Å². The summed E-state index contributed by atoms with van der Waals surface area (Å²) in [5.74, 6) is 2.59. The van der Waals surface area contributed by atoms with Crippen LogP contribution in [0.2, 0.25) is 0 Å². The molecule has 18 aliphatic rings. The third kappa shape index (κ3) is 37.7. The van der Waals surface area contributed by atoms with E-state index in [0.29, 0.717) is 92.6 Å². The second-order valence-electron chi connectivity index (χ2n) is 37.5. The first kappa shape index (κ1) is 91.2. The van der Waals surface area contributed by atoms with E-state index in [-0.39, 0.29) is 45.4 Å². The summed E-state index contributed by atoms with van der Waals surface area (Å²) in [5, 5.41) is 0. The molecule has 0 spiro atoms. The number of rotatable bonds is 53. The van der Waals surface area contributed by atoms with Crippen LogP contribution >= 0.6 is 0 Å². The van der Waals surface area contributed by atoms with Gasteiger partial charge in [-0.1, -0.05) is 66.2 Å². The fourth-order valence-corrected chi connectivity index (χ4v) is 14.5. The number of hydrogen-bond acceptors (Lipinski definition) is 25. The van der Waals surface area contributed by atoms with Crippen molar-refractivity contribution in [2.75, 3.05) is 205 Å². The zero-order valence-corrected chi connectivity index (χ0v) is 71.2. The lowest BCUT2D eigenvalue weighted by Crippen LogP contribution is -2.55. The molecule has 11 aliphatic heterocycles. The Labute approximate surface area is 678 Å². The molecule has 0 aromatic carbocycles. The van der Waals surface area contributed by atoms with E-state index in [9.17, 15) is 0 Å². The Bertz CT molecular complexity index is 2370. The summed E-state index contributed by atoms with van der Waals surface area (Å²) in [5.41, 5.74) is -0.388. The third-order valence-electron chi connectivity index (χ3n) is 25.1. The monoisotopic (exact) mass is 1610 g/mol. The van der Waals surface area contributed by atoms with Crippen molar-refractivity contribution in [3.05, 3.63) is 0 Å². The molecule has 15 atom stereocenters. The number of ether oxygens (including phenoxy) is 25. The van der Waals surface area contributed by atoms with Crippen LogP contribution in [0.4, 0.5) is 0 Å². The van der Waals surface area contributed by atoms with Gasteiger partial charge in [-0.25, -0.2) is 0 Å². The van der Waals surface area contributed by atoms with Gasteiger partial charge in [0.05, 0.1) is 225 Å². The summed E-state index contributed by atoms with van der Waals surface area (Å²) in [6.45, 7) is 42.1. The predicted octanol–water partition coefficient (Wildman–Crippen LogP) is 11.8. The fourth-order valence-electron chi connectivity index (χ4n) is 14.5. The first-order chi connectivity index (χ1) is 54.9. The van der Waals surface area contributed by atoms with Crippen molar-refractivity contribution >= 4 is 0 Å². The van der Waals surface area contributed by atoms with E-state index >= 15 is 0 Å². The molecule has 18 fully saturated rings. The highest BCUT2D eigenvalue weighted by Crippen LogP contribution is 2.53. The molecule has 0 radical (unpaired) electrons. The van der Waals surface area contributed by atoms with Crippen molar-refractivity contribution in [2.24, 2.45) is 28.6 Å². The van der Waals surface area contributed by atoms with Crippen LogP contribution in [0.15, 0.2) is 0 Å². The van der Waals surface area contributed by atoms with E-state index in [2.05, 4.69) is 55.4 Å². The normalized spacial score (nSPS) is 32.5. The zero-order valence-electron chi connectivity index (χ0n) is 71.2. The predicted molar refractivity (Wildman–Crippen MR) is 422 cm³/mol. The van der Waals surface area contributed by atoms with Gasteiger partial charge in [-0.05, 0) is 167 Å². The molecule has 18 rings (SSSR count). The molecule has 656 valence electrons. The van der Waals surface area contributed by atoms with Gasteiger partial charge >= 0.3 is 0 Å². The minimum absolute atomic E-state index is 0.00431. The van der Waals surface area contributed by atoms with Crippen LogP contribution in [0.25, 0.3) is 0 Å². The van der Waals surface area contributed by atoms with E-state index in [4.69, 9.17) is 118 Å². The summed E-state index contributed by atoms with van der Waals surface area (Å²) in [6.07, 6.45) is 36.2. The highest BCUT2D eigenvalue weighted by Gasteiger charge is 2.57. The molecule has 25 nitrogen and oxygen atoms in total. The van der Waals surface area contributed by atoms with Crippen LogP contribution < -0.4 is 0 Å². The van der Waals surface area contributed by atoms with Crippen LogP contribution in [-0.4, -0.2) is 319 Å². The average molecular weight is 1610 g/mol. The van der Waals surface area contributed by atoms with Crippen molar-refractivity contribution in [3.8, 4) is 0 Å². The molecule has 0 aromatic rings. The number of epoxide rings is 11. The maximum Gasteiger partial charge on any atom is 0.104 e. The van der Waals surface area contributed by atoms with Crippen molar-refractivity contribution < 1.29 is 118 Å². The van der Waals surface area contributed by atoms with Gasteiger partial charge in [0.2, 0.25) is 0 Å². The summed E-state index contributed by atoms with van der Waals surface area (Å²) in [7, 11) is 0. The van der Waals surface area contributed by atoms with Crippen molar-refractivity contribution in [2.45, 2.75) is 330 Å². The molecule has 15 unspecified atom stereocenters. The van der Waals surface area contributed by atoms with E-state index in [1.54, 1.807) is 0 Å². The third-order valence-corrected chi connectivity index (χ3v) is 25.1. The molecular formula is C88H154O25. The van der Waals surface area contributed by atoms with Gasteiger partial charge in [-0.2, -0.15) is 0 Å². The van der Waals surface area contributed by atoms with E-state index in [0.717, 1.165) is 248 Å². The molecule has 11 saturated heterocycles. The number of hydrogen-bond donors (Lipinski definition) is 0. The first-order valence-corrected chi connectivity index (χ1v) is 45.2. The summed E-state index contributed by atoms with van der Waals surface area (Å²) in [6, 6.07) is 0. The Balaban J connectivity index is 0.000000122. The molecule has 0 aromatic heterocycles. The maximum absolute atomic E-state index is 6.59. The second-order valence-corrected chi connectivity index (χ2v) is 37.5. The molecule has 7 saturated carbocycles. The lowest BCUT2D eigenvalue weighted by atomic mass is 9.79. The quantitative estimate of drug-likeness (QED) is 0.0404. The van der Waals surface area contributed by atoms with Crippen molar-refractivity contribution in [3.63, 3.8) is 0 Å². The second kappa shape index (κ2) is 46.5. The van der Waals surface area contributed by atoms with Crippen LogP contribution in [0.3, 0.4) is 0 Å². The van der Waals surface area contributed by atoms with Gasteiger partial charge in [0, 0.05) is 37.3 Å². The topological polar surface area (TPSA) is 267 Å². The van der Waals surface area contributed by atoms with Crippen LogP contribution in [0.5, 0.6) is 0 Å². The standard InChI is InChI=1S/C17H28O3.C13H24O4.C12H20O4.C12H22O4.C12H20O3.C11H20O4.C11H20O3/c1-2-8-16(7-1,19-11-14-5-6-14)17(9-3-4-10-17)20-13-15-12-18-15;1-3-13(4-2,9-14-5-11-7-16-11)10-15-6-12-8-17-12;1-2-4-12(16-8-10-6-14-10)11(3-1)15-7-9-5-13-9;1-11(2,15-7-9-5-13-9)12(3,4)16-8-10-6-14-10;1-2-11(14-6-9-4-5-9)12(3-1)15-8-10-7-13-10;1-11(2,7-12-3-9-5-14-9)8-13-4-10-6-15-10;1(5-12-7-10-3-4-10)2-6-13-8-11-9-14-11/h14-15H,1-13H2;11-12H,3-10H2,1-2H3;9-12H,1-8H2;9-10H,5-8H2,1-4H3;9-12H,1-8H2;9-10H,3-8H2,1-2H3;10-11H,1-9H2. The lowest BCUT2D eigenvalue weighted by Gasteiger charge is -2.46. The molecule has 0 N–H and O–H groups in total. The molecular weight excluding hydrogens is 1460 g/mol. The van der Waals surface area contributed by atoms with Gasteiger partial charge in [0.1, 0.15) is 67.1 Å². The van der Waals surface area contributed by atoms with Crippen molar-refractivity contribution in [1.82, 2.24) is 0 Å². The minimum atomic E-state index is -0.326. The van der Waals surface area contributed by atoms with Gasteiger partial charge in [0.25, 0.3) is 0 Å². The Morgan fingerprint density at radius 2 is 0.549 bits per heavy atom. The summed E-state index contributed by atoms with van der Waals surface area (Å²) >= 11 is 0. The van der Waals surface area contributed by atoms with Gasteiger partial charge in [-0.3, -0.25) is 0 Å². The molecule has 113 heavy (non-hydrogen) atoms. The smallest absolute Gasteiger partial charge is 0.104 e. The molecule has 11 heterocycles. The highest BCUT2D eigenvalue weighted by atomic mass is 16.7. The fraction of sp³-hybridized carbons (Fsp3) is 1.00. The van der Waals surface area contributed by atoms with Crippen molar-refractivity contribution in [1.29, 1.82) is 0 Å². The Kier molecular flexibility index (Phi) is 37.5. The van der Waals surface area contributed by atoms with E-state index in [1.165, 1.54) is 122 Å². The van der Waals surface area contributed by atoms with E-state index in [1.807, 2.05) is 0 Å². The lowest BCUT2D eigenvalue weighted by molar-refractivity contribution is -0.208. The summed E-state index contributed by atoms with van der Waals surface area (Å²) in [4.78, 5) is 0. The Hall–Kier alpha value is -1.00. The summed E-state index contributed by atoms with van der Waals surface area (Å²) < 4.78 is 138. The Morgan fingerprint density at radius 3 is 0.894 bits per heavy atom. The highest BCUT2D eigenvalue weighted by molar-refractivity contribution is 5.08. The SMILES string of the molecule is C(CCOCC1CO1)COCC1CC1.C1CC(OCC2CC2)C(OCC2CO2)C1.C1CCC(OCC2CC2)(C2(OCC3CO3)CCCC2)C1.C1CCC(OCC2CO2)C(OCC2CO2)C1.CC(C)(COCC1CO1)COCC1CO1.CC(C)(OCC1CO1)C(C)(C)OCC1CO1.CCC(CC)(COCC1CO1)COCC1CO1. The van der Waals surface area contributed by atoms with Crippen LogP contribution in [-0.2, 0) is 118 Å². The van der Waals surface area contributed by atoms with Gasteiger partial charge in [-0.15, -0.1) is 0 Å². The van der Waals surface area contributed by atoms with Gasteiger partial charge < -0.3 is 118 Å². The van der Waals surface area contributed by atoms with Gasteiger partial charge in [0.15, 0.2) is 0 Å². The molecule has 0 amide bonds. The Morgan fingerprint density at radius 1 is 0.274 bits per heavy atom. The molecule has 7 aliphatic carbocycles. The molecule has 0 bridgehead atoms. The largest absolute Gasteiger partial charge is 0.381 e. The minimum Gasteiger partial charge on any atom is -0.381 e. The average Bonchev–Trinajstić information content (AvgIpc) is 1.56. The number of unbranched alkanes of at least 4 members (excludes halogenated alkanes) is 1. The zero-order chi connectivity index (χ0) is 78.7. The maximum atomic E-state index is 6.59. The van der Waals surface area contributed by atoms with Crippen LogP contribution in [0, 0.1) is 28.6 Å². The first-order valence-electron chi connectivity index (χ1n) is 45.2. The molecule has 25 heteroatoms. The van der Waals surface area contributed by atoms with Crippen LogP contribution in [0.1, 0.15) is 216 Å².